The second-order valence-corrected chi connectivity index (χ2v) is 4.10. The average molecular weight is 282 g/mol. The maximum Gasteiger partial charge on any atom is 0.360 e. The molecule has 0 bridgehead atoms. The third-order valence-electron chi connectivity index (χ3n) is 2.14. The van der Waals surface area contributed by atoms with Crippen molar-refractivity contribution >= 4 is 32.8 Å². The summed E-state index contributed by atoms with van der Waals surface area (Å²) in [4.78, 5) is 15.3. The Bertz CT molecular complexity index is 568. The highest BCUT2D eigenvalue weighted by Crippen LogP contribution is 2.24. The highest BCUT2D eigenvalue weighted by Gasteiger charge is 2.14. The fourth-order valence-corrected chi connectivity index (χ4v) is 1.76. The Morgan fingerprint density at radius 2 is 2.19 bits per heavy atom. The SMILES string of the molecule is COC(=O)c1nc2ccc(Br)cc2cc1O. The highest BCUT2D eigenvalue weighted by atomic mass is 79.9. The summed E-state index contributed by atoms with van der Waals surface area (Å²) in [5, 5.41) is 10.4. The number of aromatic hydroxyl groups is 1. The van der Waals surface area contributed by atoms with Crippen LogP contribution in [0.15, 0.2) is 28.7 Å². The van der Waals surface area contributed by atoms with Gasteiger partial charge < -0.3 is 9.84 Å². The maximum absolute atomic E-state index is 11.3. The molecule has 5 heteroatoms. The fourth-order valence-electron chi connectivity index (χ4n) is 1.38. The minimum absolute atomic E-state index is 0.0719. The van der Waals surface area contributed by atoms with E-state index in [-0.39, 0.29) is 11.4 Å². The van der Waals surface area contributed by atoms with Gasteiger partial charge in [0.2, 0.25) is 0 Å². The van der Waals surface area contributed by atoms with Crippen LogP contribution >= 0.6 is 15.9 Å². The van der Waals surface area contributed by atoms with Crippen LogP contribution in [0.3, 0.4) is 0 Å². The van der Waals surface area contributed by atoms with E-state index in [2.05, 4.69) is 25.7 Å². The standard InChI is InChI=1S/C11H8BrNO3/c1-16-11(15)10-9(14)5-6-4-7(12)2-3-8(6)13-10/h2-5,14H,1H3. The molecule has 2 rings (SSSR count). The highest BCUT2D eigenvalue weighted by molar-refractivity contribution is 9.10. The van der Waals surface area contributed by atoms with Crippen molar-refractivity contribution in [2.75, 3.05) is 7.11 Å². The van der Waals surface area contributed by atoms with Crippen LogP contribution in [-0.2, 0) is 4.74 Å². The molecule has 0 unspecified atom stereocenters. The second-order valence-electron chi connectivity index (χ2n) is 3.18. The van der Waals surface area contributed by atoms with Gasteiger partial charge in [0.25, 0.3) is 0 Å². The van der Waals surface area contributed by atoms with E-state index < -0.39 is 5.97 Å². The molecular formula is C11H8BrNO3. The number of aromatic nitrogens is 1. The van der Waals surface area contributed by atoms with Gasteiger partial charge in [0.05, 0.1) is 12.6 Å². The number of rotatable bonds is 1. The van der Waals surface area contributed by atoms with E-state index in [1.807, 2.05) is 12.1 Å². The van der Waals surface area contributed by atoms with Gasteiger partial charge in [0.1, 0.15) is 5.75 Å². The summed E-state index contributed by atoms with van der Waals surface area (Å²) in [7, 11) is 1.25. The van der Waals surface area contributed by atoms with Crippen LogP contribution in [0.5, 0.6) is 5.75 Å². The minimum atomic E-state index is -0.651. The molecule has 0 saturated carbocycles. The summed E-state index contributed by atoms with van der Waals surface area (Å²) in [6, 6.07) is 6.86. The first-order valence-electron chi connectivity index (χ1n) is 4.49. The summed E-state index contributed by atoms with van der Waals surface area (Å²) in [5.74, 6) is -0.834. The number of esters is 1. The summed E-state index contributed by atoms with van der Waals surface area (Å²) in [6.45, 7) is 0. The van der Waals surface area contributed by atoms with Crippen LogP contribution in [0.25, 0.3) is 10.9 Å². The van der Waals surface area contributed by atoms with Crippen molar-refractivity contribution in [1.29, 1.82) is 0 Å². The summed E-state index contributed by atoms with van der Waals surface area (Å²) < 4.78 is 5.40. The van der Waals surface area contributed by atoms with Crippen LogP contribution in [0.4, 0.5) is 0 Å². The number of benzene rings is 1. The number of hydrogen-bond donors (Lipinski definition) is 1. The van der Waals surface area contributed by atoms with E-state index in [1.165, 1.54) is 13.2 Å². The predicted molar refractivity (Wildman–Crippen MR) is 62.4 cm³/mol. The predicted octanol–water partition coefficient (Wildman–Crippen LogP) is 2.49. The molecule has 0 amide bonds. The quantitative estimate of drug-likeness (QED) is 0.816. The number of carbonyl (C=O) groups is 1. The van der Waals surface area contributed by atoms with E-state index in [9.17, 15) is 9.90 Å². The molecule has 0 aliphatic carbocycles. The number of methoxy groups -OCH3 is 1. The molecule has 1 N–H and O–H groups in total. The third kappa shape index (κ3) is 1.86. The fraction of sp³-hybridized carbons (Fsp3) is 0.0909. The molecule has 1 aromatic heterocycles. The lowest BCUT2D eigenvalue weighted by atomic mass is 10.2. The molecule has 0 spiro atoms. The summed E-state index contributed by atoms with van der Waals surface area (Å²) in [6.07, 6.45) is 0. The minimum Gasteiger partial charge on any atom is -0.505 e. The Hall–Kier alpha value is -1.62. The van der Waals surface area contributed by atoms with Crippen LogP contribution in [0.1, 0.15) is 10.5 Å². The van der Waals surface area contributed by atoms with Gasteiger partial charge in [-0.3, -0.25) is 0 Å². The normalized spacial score (nSPS) is 10.4. The summed E-state index contributed by atoms with van der Waals surface area (Å²) in [5.41, 5.74) is 0.554. The van der Waals surface area contributed by atoms with Gasteiger partial charge in [-0.1, -0.05) is 15.9 Å². The van der Waals surface area contributed by atoms with Crippen LogP contribution < -0.4 is 0 Å². The Kier molecular flexibility index (Phi) is 2.78. The van der Waals surface area contributed by atoms with Crippen molar-refractivity contribution in [2.24, 2.45) is 0 Å². The monoisotopic (exact) mass is 281 g/mol. The molecule has 0 atom stereocenters. The van der Waals surface area contributed by atoms with E-state index in [0.29, 0.717) is 5.52 Å². The van der Waals surface area contributed by atoms with Crippen LogP contribution in [-0.4, -0.2) is 23.2 Å². The molecule has 16 heavy (non-hydrogen) atoms. The molecule has 4 nitrogen and oxygen atoms in total. The zero-order valence-corrected chi connectivity index (χ0v) is 9.98. The van der Waals surface area contributed by atoms with E-state index in [1.54, 1.807) is 6.07 Å². The zero-order valence-electron chi connectivity index (χ0n) is 8.40. The lowest BCUT2D eigenvalue weighted by molar-refractivity contribution is 0.0591. The Labute approximate surface area is 100.0 Å². The van der Waals surface area contributed by atoms with Gasteiger partial charge in [-0.2, -0.15) is 0 Å². The Morgan fingerprint density at radius 3 is 2.88 bits per heavy atom. The Morgan fingerprint density at radius 1 is 1.44 bits per heavy atom. The summed E-state index contributed by atoms with van der Waals surface area (Å²) >= 11 is 3.32. The molecule has 1 heterocycles. The first-order valence-corrected chi connectivity index (χ1v) is 5.28. The molecule has 0 fully saturated rings. The van der Waals surface area contributed by atoms with Crippen LogP contribution in [0.2, 0.25) is 0 Å². The van der Waals surface area contributed by atoms with E-state index >= 15 is 0 Å². The molecule has 0 aliphatic rings. The van der Waals surface area contributed by atoms with Crippen molar-refractivity contribution < 1.29 is 14.6 Å². The maximum atomic E-state index is 11.3. The lowest BCUT2D eigenvalue weighted by Gasteiger charge is -2.04. The largest absolute Gasteiger partial charge is 0.505 e. The molecule has 82 valence electrons. The second kappa shape index (κ2) is 4.09. The number of hydrogen-bond acceptors (Lipinski definition) is 4. The first-order chi connectivity index (χ1) is 7.61. The Balaban J connectivity index is 2.67. The van der Waals surface area contributed by atoms with Gasteiger partial charge in [-0.25, -0.2) is 9.78 Å². The lowest BCUT2D eigenvalue weighted by Crippen LogP contribution is -2.04. The van der Waals surface area contributed by atoms with Crippen molar-refractivity contribution in [3.05, 3.63) is 34.4 Å². The average Bonchev–Trinajstić information content (AvgIpc) is 2.27. The number of ether oxygens (including phenoxy) is 1. The van der Waals surface area contributed by atoms with Crippen molar-refractivity contribution in [2.45, 2.75) is 0 Å². The number of carbonyl (C=O) groups excluding carboxylic acids is 1. The number of nitrogens with zero attached hydrogens (tertiary/aromatic N) is 1. The van der Waals surface area contributed by atoms with Gasteiger partial charge in [0.15, 0.2) is 5.69 Å². The number of fused-ring (bicyclic) bond motifs is 1. The van der Waals surface area contributed by atoms with Crippen molar-refractivity contribution in [1.82, 2.24) is 4.98 Å². The van der Waals surface area contributed by atoms with E-state index in [4.69, 9.17) is 0 Å². The zero-order chi connectivity index (χ0) is 11.7. The van der Waals surface area contributed by atoms with Crippen molar-refractivity contribution in [3.8, 4) is 5.75 Å². The topological polar surface area (TPSA) is 59.4 Å². The number of halogens is 1. The third-order valence-corrected chi connectivity index (χ3v) is 2.63. The molecular weight excluding hydrogens is 274 g/mol. The first kappa shape index (κ1) is 10.9. The van der Waals surface area contributed by atoms with Gasteiger partial charge in [0, 0.05) is 9.86 Å². The molecule has 2 aromatic rings. The van der Waals surface area contributed by atoms with Gasteiger partial charge in [-0.15, -0.1) is 0 Å². The molecule has 0 aliphatic heterocycles. The molecule has 0 radical (unpaired) electrons. The van der Waals surface area contributed by atoms with Crippen molar-refractivity contribution in [3.63, 3.8) is 0 Å². The number of pyridine rings is 1. The van der Waals surface area contributed by atoms with Gasteiger partial charge >= 0.3 is 5.97 Å². The van der Waals surface area contributed by atoms with Crippen LogP contribution in [0, 0.1) is 0 Å². The molecule has 0 saturated heterocycles. The molecule has 1 aromatic carbocycles. The van der Waals surface area contributed by atoms with E-state index in [0.717, 1.165) is 9.86 Å². The van der Waals surface area contributed by atoms with Gasteiger partial charge in [-0.05, 0) is 24.3 Å². The smallest absolute Gasteiger partial charge is 0.360 e.